The van der Waals surface area contributed by atoms with Gasteiger partial charge in [0.25, 0.3) is 0 Å². The van der Waals surface area contributed by atoms with Crippen molar-refractivity contribution >= 4 is 17.8 Å². The van der Waals surface area contributed by atoms with Crippen LogP contribution in [0.1, 0.15) is 40.3 Å². The van der Waals surface area contributed by atoms with Gasteiger partial charge in [0.15, 0.2) is 0 Å². The Morgan fingerprint density at radius 3 is 2.29 bits per heavy atom. The lowest BCUT2D eigenvalue weighted by molar-refractivity contribution is -0.117. The van der Waals surface area contributed by atoms with Crippen molar-refractivity contribution in [3.05, 3.63) is 11.8 Å². The van der Waals surface area contributed by atoms with Crippen molar-refractivity contribution < 1.29 is 9.59 Å². The van der Waals surface area contributed by atoms with E-state index in [2.05, 4.69) is 31.2 Å². The molecule has 1 N–H and O–H groups in total. The van der Waals surface area contributed by atoms with E-state index in [1.165, 1.54) is 4.90 Å². The molecule has 0 unspecified atom stereocenters. The molecule has 0 radical (unpaired) electrons. The fourth-order valence-corrected chi connectivity index (χ4v) is 2.24. The number of amides is 3. The molecule has 24 heavy (non-hydrogen) atoms. The highest BCUT2D eigenvalue weighted by atomic mass is 16.2. The zero-order valence-electron chi connectivity index (χ0n) is 16.2. The SMILES string of the molecule is CC(C)CN(CC(=O)Nc1cc(C(C)(C)C)nn1C)C(=O)N(C)C. The monoisotopic (exact) mass is 337 g/mol. The first-order chi connectivity index (χ1) is 10.9. The van der Waals surface area contributed by atoms with E-state index in [-0.39, 0.29) is 29.8 Å². The van der Waals surface area contributed by atoms with Gasteiger partial charge < -0.3 is 15.1 Å². The highest BCUT2D eigenvalue weighted by Crippen LogP contribution is 2.23. The van der Waals surface area contributed by atoms with Gasteiger partial charge >= 0.3 is 6.03 Å². The highest BCUT2D eigenvalue weighted by Gasteiger charge is 2.22. The zero-order chi connectivity index (χ0) is 18.7. The first kappa shape index (κ1) is 20.0. The molecule has 0 saturated carbocycles. The molecule has 0 bridgehead atoms. The van der Waals surface area contributed by atoms with Gasteiger partial charge in [0.2, 0.25) is 5.91 Å². The Bertz CT molecular complexity index is 584. The second-order valence-electron chi connectivity index (χ2n) is 7.79. The molecule has 0 saturated heterocycles. The lowest BCUT2D eigenvalue weighted by atomic mass is 9.92. The lowest BCUT2D eigenvalue weighted by Gasteiger charge is -2.27. The van der Waals surface area contributed by atoms with Gasteiger partial charge in [-0.15, -0.1) is 0 Å². The van der Waals surface area contributed by atoms with E-state index in [1.807, 2.05) is 19.9 Å². The minimum absolute atomic E-state index is 0.0191. The van der Waals surface area contributed by atoms with Crippen molar-refractivity contribution in [1.82, 2.24) is 19.6 Å². The molecule has 7 nitrogen and oxygen atoms in total. The van der Waals surface area contributed by atoms with Crippen LogP contribution in [0.25, 0.3) is 0 Å². The Kier molecular flexibility index (Phi) is 6.40. The molecule has 0 fully saturated rings. The molecular formula is C17H31N5O2. The van der Waals surface area contributed by atoms with E-state index >= 15 is 0 Å². The van der Waals surface area contributed by atoms with Crippen LogP contribution < -0.4 is 5.32 Å². The van der Waals surface area contributed by atoms with E-state index in [1.54, 1.807) is 30.7 Å². The second-order valence-corrected chi connectivity index (χ2v) is 7.79. The Hall–Kier alpha value is -2.05. The number of aryl methyl sites for hydroxylation is 1. The van der Waals surface area contributed by atoms with Crippen LogP contribution in [-0.4, -0.2) is 58.7 Å². The van der Waals surface area contributed by atoms with Crippen LogP contribution >= 0.6 is 0 Å². The summed E-state index contributed by atoms with van der Waals surface area (Å²) >= 11 is 0. The van der Waals surface area contributed by atoms with Gasteiger partial charge in [0.1, 0.15) is 12.4 Å². The summed E-state index contributed by atoms with van der Waals surface area (Å²) in [6, 6.07) is 1.71. The average molecular weight is 337 g/mol. The first-order valence-electron chi connectivity index (χ1n) is 8.22. The molecule has 1 aromatic rings. The van der Waals surface area contributed by atoms with E-state index in [0.717, 1.165) is 5.69 Å². The minimum atomic E-state index is -0.227. The Morgan fingerprint density at radius 2 is 1.88 bits per heavy atom. The Balaban J connectivity index is 2.83. The number of rotatable bonds is 5. The molecule has 0 spiro atoms. The lowest BCUT2D eigenvalue weighted by Crippen LogP contribution is -2.45. The quantitative estimate of drug-likeness (QED) is 0.896. The summed E-state index contributed by atoms with van der Waals surface area (Å²) in [4.78, 5) is 27.6. The molecule has 0 aliphatic carbocycles. The van der Waals surface area contributed by atoms with Crippen molar-refractivity contribution in [3.63, 3.8) is 0 Å². The van der Waals surface area contributed by atoms with Crippen LogP contribution in [0, 0.1) is 5.92 Å². The summed E-state index contributed by atoms with van der Waals surface area (Å²) in [5.74, 6) is 0.687. The molecule has 136 valence electrons. The molecule has 0 aliphatic heterocycles. The number of aromatic nitrogens is 2. The van der Waals surface area contributed by atoms with Crippen molar-refractivity contribution in [3.8, 4) is 0 Å². The van der Waals surface area contributed by atoms with Crippen molar-refractivity contribution in [2.45, 2.75) is 40.0 Å². The van der Waals surface area contributed by atoms with E-state index in [4.69, 9.17) is 0 Å². The van der Waals surface area contributed by atoms with Crippen LogP contribution in [0.3, 0.4) is 0 Å². The van der Waals surface area contributed by atoms with Gasteiger partial charge in [-0.25, -0.2) is 4.79 Å². The summed E-state index contributed by atoms with van der Waals surface area (Å²) in [7, 11) is 5.16. The van der Waals surface area contributed by atoms with Crippen LogP contribution in [0.15, 0.2) is 6.07 Å². The third-order valence-corrected chi connectivity index (χ3v) is 3.49. The number of hydrogen-bond acceptors (Lipinski definition) is 3. The third-order valence-electron chi connectivity index (χ3n) is 3.49. The molecule has 0 aliphatic rings. The maximum absolute atomic E-state index is 12.4. The number of carbonyl (C=O) groups is 2. The molecule has 1 rings (SSSR count). The van der Waals surface area contributed by atoms with E-state index in [0.29, 0.717) is 12.4 Å². The zero-order valence-corrected chi connectivity index (χ0v) is 16.2. The smallest absolute Gasteiger partial charge is 0.319 e. The largest absolute Gasteiger partial charge is 0.331 e. The minimum Gasteiger partial charge on any atom is -0.331 e. The van der Waals surface area contributed by atoms with Gasteiger partial charge in [0, 0.05) is 39.2 Å². The van der Waals surface area contributed by atoms with Crippen LogP contribution in [0.4, 0.5) is 10.6 Å². The molecule has 1 aromatic heterocycles. The number of hydrogen-bond donors (Lipinski definition) is 1. The molecule has 1 heterocycles. The number of urea groups is 1. The van der Waals surface area contributed by atoms with Crippen molar-refractivity contribution in [1.29, 1.82) is 0 Å². The van der Waals surface area contributed by atoms with Gasteiger partial charge in [-0.2, -0.15) is 5.10 Å². The highest BCUT2D eigenvalue weighted by molar-refractivity contribution is 5.93. The summed E-state index contributed by atoms with van der Waals surface area (Å²) in [6.07, 6.45) is 0. The van der Waals surface area contributed by atoms with Gasteiger partial charge in [-0.3, -0.25) is 9.48 Å². The van der Waals surface area contributed by atoms with Gasteiger partial charge in [-0.05, 0) is 5.92 Å². The molecule has 0 aromatic carbocycles. The predicted molar refractivity (Wildman–Crippen MR) is 96.0 cm³/mol. The maximum atomic E-state index is 12.4. The second kappa shape index (κ2) is 7.68. The average Bonchev–Trinajstić information content (AvgIpc) is 2.77. The molecular weight excluding hydrogens is 306 g/mol. The number of carbonyl (C=O) groups excluding carboxylic acids is 2. The number of nitrogens with one attached hydrogen (secondary N) is 1. The molecule has 3 amide bonds. The van der Waals surface area contributed by atoms with Crippen molar-refractivity contribution in [2.24, 2.45) is 13.0 Å². The first-order valence-corrected chi connectivity index (χ1v) is 8.22. The summed E-state index contributed by atoms with van der Waals surface area (Å²) in [6.45, 7) is 10.8. The number of anilines is 1. The van der Waals surface area contributed by atoms with Crippen molar-refractivity contribution in [2.75, 3.05) is 32.5 Å². The standard InChI is InChI=1S/C17H31N5O2/c1-12(2)10-22(16(24)20(6)7)11-15(23)18-14-9-13(17(3,4)5)19-21(14)8/h9,12H,10-11H2,1-8H3,(H,18,23). The number of nitrogens with zero attached hydrogens (tertiary/aromatic N) is 4. The van der Waals surface area contributed by atoms with Crippen LogP contribution in [0.5, 0.6) is 0 Å². The van der Waals surface area contributed by atoms with Crippen LogP contribution in [-0.2, 0) is 17.3 Å². The summed E-state index contributed by atoms with van der Waals surface area (Å²) in [5.41, 5.74) is 0.814. The molecule has 7 heteroatoms. The Morgan fingerprint density at radius 1 is 1.29 bits per heavy atom. The fourth-order valence-electron chi connectivity index (χ4n) is 2.24. The van der Waals surface area contributed by atoms with Gasteiger partial charge in [0.05, 0.1) is 5.69 Å². The molecule has 0 atom stereocenters. The van der Waals surface area contributed by atoms with Gasteiger partial charge in [-0.1, -0.05) is 34.6 Å². The fraction of sp³-hybridized carbons (Fsp3) is 0.706. The maximum Gasteiger partial charge on any atom is 0.319 e. The predicted octanol–water partition coefficient (Wildman–Crippen LogP) is 2.30. The third kappa shape index (κ3) is 5.54. The van der Waals surface area contributed by atoms with Crippen LogP contribution in [0.2, 0.25) is 0 Å². The normalized spacial score (nSPS) is 11.5. The topological polar surface area (TPSA) is 70.5 Å². The summed E-state index contributed by atoms with van der Waals surface area (Å²) in [5, 5.41) is 7.29. The Labute approximate surface area is 145 Å². The summed E-state index contributed by atoms with van der Waals surface area (Å²) < 4.78 is 1.65. The van der Waals surface area contributed by atoms with E-state index < -0.39 is 0 Å². The van der Waals surface area contributed by atoms with E-state index in [9.17, 15) is 9.59 Å².